The van der Waals surface area contributed by atoms with Crippen LogP contribution in [-0.4, -0.2) is 43.5 Å². The molecule has 2 aromatic rings. The van der Waals surface area contributed by atoms with Gasteiger partial charge in [0.2, 0.25) is 11.8 Å². The van der Waals surface area contributed by atoms with Gasteiger partial charge in [-0.25, -0.2) is 4.39 Å². The van der Waals surface area contributed by atoms with E-state index in [2.05, 4.69) is 0 Å². The lowest BCUT2D eigenvalue weighted by molar-refractivity contribution is -0.130. The zero-order valence-corrected chi connectivity index (χ0v) is 15.9. The Balaban J connectivity index is 1.41. The monoisotopic (exact) mass is 382 g/mol. The quantitative estimate of drug-likeness (QED) is 0.817. The van der Waals surface area contributed by atoms with Gasteiger partial charge in [0.15, 0.2) is 0 Å². The summed E-state index contributed by atoms with van der Waals surface area (Å²) in [5, 5.41) is 0. The highest BCUT2D eigenvalue weighted by molar-refractivity contribution is 5.96. The summed E-state index contributed by atoms with van der Waals surface area (Å²) in [7, 11) is 1.61. The van der Waals surface area contributed by atoms with Crippen molar-refractivity contribution in [1.29, 1.82) is 0 Å². The molecular weight excluding hydrogens is 359 g/mol. The molecule has 28 heavy (non-hydrogen) atoms. The first kappa shape index (κ1) is 18.5. The minimum Gasteiger partial charge on any atom is -0.497 e. The van der Waals surface area contributed by atoms with E-state index in [1.165, 1.54) is 12.1 Å². The zero-order chi connectivity index (χ0) is 19.7. The van der Waals surface area contributed by atoms with E-state index >= 15 is 0 Å². The summed E-state index contributed by atoms with van der Waals surface area (Å²) in [5.74, 6) is 0.473. The Morgan fingerprint density at radius 3 is 2.68 bits per heavy atom. The van der Waals surface area contributed by atoms with Crippen molar-refractivity contribution in [2.45, 2.75) is 19.3 Å². The summed E-state index contributed by atoms with van der Waals surface area (Å²) in [4.78, 5) is 28.8. The Labute approximate surface area is 163 Å². The highest BCUT2D eigenvalue weighted by Gasteiger charge is 2.48. The summed E-state index contributed by atoms with van der Waals surface area (Å²) >= 11 is 0. The van der Waals surface area contributed by atoms with Gasteiger partial charge in [0, 0.05) is 37.2 Å². The van der Waals surface area contributed by atoms with E-state index in [0.717, 1.165) is 17.7 Å². The molecule has 0 radical (unpaired) electrons. The average molecular weight is 382 g/mol. The molecule has 5 nitrogen and oxygen atoms in total. The van der Waals surface area contributed by atoms with Crippen LogP contribution >= 0.6 is 0 Å². The minimum atomic E-state index is -0.353. The van der Waals surface area contributed by atoms with Crippen LogP contribution in [0.2, 0.25) is 0 Å². The van der Waals surface area contributed by atoms with Crippen LogP contribution in [0.5, 0.6) is 5.75 Å². The van der Waals surface area contributed by atoms with Gasteiger partial charge >= 0.3 is 0 Å². The molecule has 0 saturated carbocycles. The number of anilines is 1. The number of nitrogens with zero attached hydrogens (tertiary/aromatic N) is 2. The van der Waals surface area contributed by atoms with Gasteiger partial charge < -0.3 is 14.5 Å². The van der Waals surface area contributed by atoms with Crippen molar-refractivity contribution in [1.82, 2.24) is 4.90 Å². The molecule has 1 spiro atoms. The molecule has 2 saturated heterocycles. The van der Waals surface area contributed by atoms with Gasteiger partial charge in [-0.1, -0.05) is 18.2 Å². The van der Waals surface area contributed by atoms with Crippen molar-refractivity contribution in [3.63, 3.8) is 0 Å². The Bertz CT molecular complexity index is 899. The van der Waals surface area contributed by atoms with E-state index in [-0.39, 0.29) is 23.0 Å². The zero-order valence-electron chi connectivity index (χ0n) is 15.9. The number of hydrogen-bond donors (Lipinski definition) is 0. The summed E-state index contributed by atoms with van der Waals surface area (Å²) in [6.45, 7) is 1.75. The number of halogens is 1. The fourth-order valence-corrected chi connectivity index (χ4v) is 4.23. The second kappa shape index (κ2) is 7.26. The third-order valence-corrected chi connectivity index (χ3v) is 5.75. The van der Waals surface area contributed by atoms with Gasteiger partial charge in [-0.3, -0.25) is 9.59 Å². The molecule has 2 amide bonds. The molecule has 0 aliphatic carbocycles. The average Bonchev–Trinajstić information content (AvgIpc) is 3.25. The van der Waals surface area contributed by atoms with E-state index in [1.807, 2.05) is 29.2 Å². The van der Waals surface area contributed by atoms with Gasteiger partial charge in [0.05, 0.1) is 13.5 Å². The SMILES string of the molecule is COc1ccc(CC(=O)N2CC[C@@]3(CC(=O)N(c4cccc(F)c4)C3)C2)cc1. The van der Waals surface area contributed by atoms with Crippen LogP contribution in [0, 0.1) is 11.2 Å². The molecule has 2 heterocycles. The molecule has 6 heteroatoms. The van der Waals surface area contributed by atoms with Gasteiger partial charge in [0.1, 0.15) is 11.6 Å². The number of hydrogen-bond acceptors (Lipinski definition) is 3. The second-order valence-corrected chi connectivity index (χ2v) is 7.73. The van der Waals surface area contributed by atoms with Crippen molar-refractivity contribution in [3.8, 4) is 5.75 Å². The number of carbonyl (C=O) groups excluding carboxylic acids is 2. The van der Waals surface area contributed by atoms with Crippen molar-refractivity contribution in [2.24, 2.45) is 5.41 Å². The lowest BCUT2D eigenvalue weighted by Crippen LogP contribution is -2.35. The standard InChI is InChI=1S/C22H23FN2O3/c1-28-19-7-5-16(6-8-19)11-20(26)24-10-9-22(14-24)13-21(27)25(15-22)18-4-2-3-17(23)12-18/h2-8,12H,9-11,13-15H2,1H3/t22-/m1/s1. The van der Waals surface area contributed by atoms with Crippen molar-refractivity contribution in [2.75, 3.05) is 31.6 Å². The first-order chi connectivity index (χ1) is 13.5. The normalized spacial score (nSPS) is 21.6. The van der Waals surface area contributed by atoms with Crippen LogP contribution in [0.1, 0.15) is 18.4 Å². The second-order valence-electron chi connectivity index (χ2n) is 7.73. The Morgan fingerprint density at radius 1 is 1.18 bits per heavy atom. The Hall–Kier alpha value is -2.89. The van der Waals surface area contributed by atoms with E-state index in [1.54, 1.807) is 24.1 Å². The molecular formula is C22H23FN2O3. The summed E-state index contributed by atoms with van der Waals surface area (Å²) < 4.78 is 18.7. The first-order valence-corrected chi connectivity index (χ1v) is 9.45. The molecule has 0 bridgehead atoms. The van der Waals surface area contributed by atoms with Crippen LogP contribution in [0.3, 0.4) is 0 Å². The lowest BCUT2D eigenvalue weighted by Gasteiger charge is -2.24. The molecule has 146 valence electrons. The fourth-order valence-electron chi connectivity index (χ4n) is 4.23. The molecule has 2 aliphatic rings. The highest BCUT2D eigenvalue weighted by atomic mass is 19.1. The van der Waals surface area contributed by atoms with Crippen molar-refractivity contribution >= 4 is 17.5 Å². The Kier molecular flexibility index (Phi) is 4.79. The van der Waals surface area contributed by atoms with Crippen molar-refractivity contribution in [3.05, 3.63) is 59.9 Å². The summed E-state index contributed by atoms with van der Waals surface area (Å²) in [5.41, 5.74) is 1.29. The smallest absolute Gasteiger partial charge is 0.227 e. The molecule has 4 rings (SSSR count). The topological polar surface area (TPSA) is 49.9 Å². The Morgan fingerprint density at radius 2 is 1.96 bits per heavy atom. The minimum absolute atomic E-state index is 0.00458. The van der Waals surface area contributed by atoms with Crippen LogP contribution in [-0.2, 0) is 16.0 Å². The van der Waals surface area contributed by atoms with Gasteiger partial charge in [-0.2, -0.15) is 0 Å². The largest absolute Gasteiger partial charge is 0.497 e. The van der Waals surface area contributed by atoms with E-state index in [9.17, 15) is 14.0 Å². The van der Waals surface area contributed by atoms with Crippen LogP contribution in [0.15, 0.2) is 48.5 Å². The molecule has 2 aliphatic heterocycles. The molecule has 2 fully saturated rings. The van der Waals surface area contributed by atoms with E-state index < -0.39 is 0 Å². The third-order valence-electron chi connectivity index (χ3n) is 5.75. The van der Waals surface area contributed by atoms with E-state index in [4.69, 9.17) is 4.74 Å². The van der Waals surface area contributed by atoms with Gasteiger partial charge in [-0.05, 0) is 42.3 Å². The maximum Gasteiger partial charge on any atom is 0.227 e. The number of methoxy groups -OCH3 is 1. The summed E-state index contributed by atoms with van der Waals surface area (Å²) in [6.07, 6.45) is 1.52. The number of benzene rings is 2. The predicted molar refractivity (Wildman–Crippen MR) is 104 cm³/mol. The molecule has 0 unspecified atom stereocenters. The number of likely N-dealkylation sites (tertiary alicyclic amines) is 1. The molecule has 0 N–H and O–H groups in total. The molecule has 1 atom stereocenters. The maximum absolute atomic E-state index is 13.5. The molecule has 2 aromatic carbocycles. The number of ether oxygens (including phenoxy) is 1. The number of carbonyl (C=O) groups is 2. The van der Waals surface area contributed by atoms with Crippen molar-refractivity contribution < 1.29 is 18.7 Å². The van der Waals surface area contributed by atoms with Crippen LogP contribution < -0.4 is 9.64 Å². The lowest BCUT2D eigenvalue weighted by atomic mass is 9.86. The van der Waals surface area contributed by atoms with E-state index in [0.29, 0.717) is 38.2 Å². The number of rotatable bonds is 4. The first-order valence-electron chi connectivity index (χ1n) is 9.45. The van der Waals surface area contributed by atoms with Gasteiger partial charge in [0.25, 0.3) is 0 Å². The van der Waals surface area contributed by atoms with Crippen LogP contribution in [0.4, 0.5) is 10.1 Å². The predicted octanol–water partition coefficient (Wildman–Crippen LogP) is 3.03. The highest BCUT2D eigenvalue weighted by Crippen LogP contribution is 2.42. The maximum atomic E-state index is 13.5. The van der Waals surface area contributed by atoms with Crippen LogP contribution in [0.25, 0.3) is 0 Å². The third kappa shape index (κ3) is 3.59. The number of amides is 2. The molecule has 0 aromatic heterocycles. The summed E-state index contributed by atoms with van der Waals surface area (Å²) in [6, 6.07) is 13.6. The fraction of sp³-hybridized carbons (Fsp3) is 0.364. The van der Waals surface area contributed by atoms with Gasteiger partial charge in [-0.15, -0.1) is 0 Å².